The fourth-order valence-corrected chi connectivity index (χ4v) is 3.12. The average molecular weight is 239 g/mol. The number of amides is 1. The lowest BCUT2D eigenvalue weighted by molar-refractivity contribution is -0.146. The minimum atomic E-state index is -0.871. The van der Waals surface area contributed by atoms with Gasteiger partial charge in [-0.15, -0.1) is 0 Å². The van der Waals surface area contributed by atoms with Crippen LogP contribution in [0.3, 0.4) is 0 Å². The van der Waals surface area contributed by atoms with E-state index in [2.05, 4.69) is 5.32 Å². The maximum atomic E-state index is 11.4. The van der Waals surface area contributed by atoms with Crippen LogP contribution in [0.2, 0.25) is 0 Å². The largest absolute Gasteiger partial charge is 0.480 e. The molecule has 1 atom stereocenters. The average Bonchev–Trinajstić information content (AvgIpc) is 2.06. The first-order chi connectivity index (χ1) is 8.09. The van der Waals surface area contributed by atoms with Gasteiger partial charge in [-0.05, 0) is 17.8 Å². The summed E-state index contributed by atoms with van der Waals surface area (Å²) in [5.74, 6) is 0.0606. The molecule has 4 nitrogen and oxygen atoms in total. The molecule has 0 aromatic heterocycles. The van der Waals surface area contributed by atoms with Crippen molar-refractivity contribution >= 4 is 11.9 Å². The lowest BCUT2D eigenvalue weighted by atomic mass is 9.62. The van der Waals surface area contributed by atoms with Gasteiger partial charge in [-0.3, -0.25) is 4.79 Å². The molecule has 2 N–H and O–H groups in total. The molecule has 1 amide bonds. The first-order valence-corrected chi connectivity index (χ1v) is 6.59. The maximum absolute atomic E-state index is 11.4. The zero-order valence-corrected chi connectivity index (χ0v) is 10.3. The second kappa shape index (κ2) is 5.07. The second-order valence-corrected chi connectivity index (χ2v) is 5.48. The molecule has 0 aromatic carbocycles. The Balaban J connectivity index is 2.09. The minimum Gasteiger partial charge on any atom is -0.480 e. The zero-order valence-electron chi connectivity index (χ0n) is 10.3. The van der Waals surface area contributed by atoms with E-state index in [-0.39, 0.29) is 11.8 Å². The Hall–Kier alpha value is -1.06. The molecule has 1 unspecified atom stereocenters. The van der Waals surface area contributed by atoms with Gasteiger partial charge in [-0.1, -0.05) is 38.5 Å². The van der Waals surface area contributed by atoms with E-state index in [4.69, 9.17) is 0 Å². The normalized spacial score (nSPS) is 22.7. The van der Waals surface area contributed by atoms with Crippen LogP contribution in [0.5, 0.6) is 0 Å². The number of rotatable bonds is 5. The molecule has 0 aromatic rings. The van der Waals surface area contributed by atoms with Gasteiger partial charge < -0.3 is 10.4 Å². The van der Waals surface area contributed by atoms with E-state index < -0.39 is 12.0 Å². The highest BCUT2D eigenvalue weighted by Crippen LogP contribution is 2.46. The molecule has 0 saturated heterocycles. The number of carbonyl (C=O) groups is 2. The number of carbonyl (C=O) groups excluding carboxylic acids is 1. The Kier molecular flexibility index (Phi) is 3.69. The van der Waals surface area contributed by atoms with Gasteiger partial charge in [0.25, 0.3) is 0 Å². The molecule has 0 heterocycles. The van der Waals surface area contributed by atoms with Gasteiger partial charge >= 0.3 is 5.97 Å². The Morgan fingerprint density at radius 2 is 1.59 bits per heavy atom. The van der Waals surface area contributed by atoms with Gasteiger partial charge in [0, 0.05) is 6.92 Å². The van der Waals surface area contributed by atoms with Gasteiger partial charge in [-0.25, -0.2) is 4.79 Å². The van der Waals surface area contributed by atoms with Crippen molar-refractivity contribution in [3.05, 3.63) is 0 Å². The molecule has 96 valence electrons. The highest BCUT2D eigenvalue weighted by atomic mass is 16.4. The van der Waals surface area contributed by atoms with Crippen molar-refractivity contribution in [3.63, 3.8) is 0 Å². The topological polar surface area (TPSA) is 66.4 Å². The van der Waals surface area contributed by atoms with Crippen molar-refractivity contribution in [3.8, 4) is 0 Å². The van der Waals surface area contributed by atoms with Gasteiger partial charge in [0.1, 0.15) is 6.04 Å². The third-order valence-corrected chi connectivity index (χ3v) is 4.40. The Bertz CT molecular complexity index is 294. The van der Waals surface area contributed by atoms with Gasteiger partial charge in [0.05, 0.1) is 0 Å². The molecule has 0 bridgehead atoms. The quantitative estimate of drug-likeness (QED) is 0.768. The Morgan fingerprint density at radius 3 is 1.82 bits per heavy atom. The summed E-state index contributed by atoms with van der Waals surface area (Å²) in [6, 6.07) is -0.678. The van der Waals surface area contributed by atoms with E-state index in [0.29, 0.717) is 11.8 Å². The summed E-state index contributed by atoms with van der Waals surface area (Å²) in [6.45, 7) is 1.40. The van der Waals surface area contributed by atoms with Crippen LogP contribution in [0.25, 0.3) is 0 Å². The van der Waals surface area contributed by atoms with Gasteiger partial charge in [0.2, 0.25) is 5.91 Å². The summed E-state index contributed by atoms with van der Waals surface area (Å²) in [5.41, 5.74) is 0. The van der Waals surface area contributed by atoms with Crippen molar-refractivity contribution in [1.82, 2.24) is 5.32 Å². The maximum Gasteiger partial charge on any atom is 0.326 e. The molecule has 17 heavy (non-hydrogen) atoms. The van der Waals surface area contributed by atoms with Crippen LogP contribution in [-0.2, 0) is 9.59 Å². The molecular formula is C13H21NO3. The number of carboxylic acid groups (broad SMARTS) is 1. The Labute approximate surface area is 102 Å². The summed E-state index contributed by atoms with van der Waals surface area (Å²) in [4.78, 5) is 22.5. The second-order valence-electron chi connectivity index (χ2n) is 5.48. The van der Waals surface area contributed by atoms with Crippen LogP contribution < -0.4 is 5.32 Å². The molecule has 2 fully saturated rings. The summed E-state index contributed by atoms with van der Waals surface area (Å²) in [7, 11) is 0. The van der Waals surface area contributed by atoms with E-state index in [1.165, 1.54) is 19.8 Å². The van der Waals surface area contributed by atoms with E-state index in [9.17, 15) is 14.7 Å². The minimum absolute atomic E-state index is 0.152. The molecular weight excluding hydrogens is 218 g/mol. The molecule has 2 aliphatic carbocycles. The van der Waals surface area contributed by atoms with E-state index in [0.717, 1.165) is 25.7 Å². The van der Waals surface area contributed by atoms with Crippen molar-refractivity contribution in [2.24, 2.45) is 17.8 Å². The molecule has 0 radical (unpaired) electrons. The smallest absolute Gasteiger partial charge is 0.326 e. The number of aliphatic carboxylic acids is 1. The van der Waals surface area contributed by atoms with Crippen LogP contribution in [-0.4, -0.2) is 23.0 Å². The molecule has 0 aliphatic heterocycles. The zero-order chi connectivity index (χ0) is 12.4. The SMILES string of the molecule is CC(=O)NC(C(=O)O)C(C1CCC1)C1CCC1. The highest BCUT2D eigenvalue weighted by molar-refractivity contribution is 5.82. The third kappa shape index (κ3) is 2.61. The van der Waals surface area contributed by atoms with E-state index >= 15 is 0 Å². The number of nitrogens with one attached hydrogen (secondary N) is 1. The summed E-state index contributed by atoms with van der Waals surface area (Å²) in [5, 5.41) is 12.0. The lowest BCUT2D eigenvalue weighted by Gasteiger charge is -2.45. The fourth-order valence-electron chi connectivity index (χ4n) is 3.12. The molecule has 4 heteroatoms. The van der Waals surface area contributed by atoms with E-state index in [1.807, 2.05) is 0 Å². The standard InChI is InChI=1S/C13H21NO3/c1-8(15)14-12(13(16)17)11(9-4-2-5-9)10-6-3-7-10/h9-12H,2-7H2,1H3,(H,14,15)(H,16,17). The van der Waals surface area contributed by atoms with Crippen LogP contribution in [0.4, 0.5) is 0 Å². The van der Waals surface area contributed by atoms with Crippen molar-refractivity contribution < 1.29 is 14.7 Å². The van der Waals surface area contributed by atoms with Crippen LogP contribution >= 0.6 is 0 Å². The van der Waals surface area contributed by atoms with Crippen molar-refractivity contribution in [2.75, 3.05) is 0 Å². The van der Waals surface area contributed by atoms with Crippen molar-refractivity contribution in [1.29, 1.82) is 0 Å². The molecule has 2 saturated carbocycles. The predicted molar refractivity (Wildman–Crippen MR) is 63.4 cm³/mol. The van der Waals surface area contributed by atoms with Crippen molar-refractivity contribution in [2.45, 2.75) is 51.5 Å². The summed E-state index contributed by atoms with van der Waals surface area (Å²) >= 11 is 0. The van der Waals surface area contributed by atoms with Crippen LogP contribution in [0.15, 0.2) is 0 Å². The molecule has 2 aliphatic rings. The monoisotopic (exact) mass is 239 g/mol. The Morgan fingerprint density at radius 1 is 1.12 bits per heavy atom. The first-order valence-electron chi connectivity index (χ1n) is 6.59. The summed E-state index contributed by atoms with van der Waals surface area (Å²) in [6.07, 6.45) is 6.94. The number of hydrogen-bond donors (Lipinski definition) is 2. The number of carboxylic acids is 1. The molecule has 0 spiro atoms. The van der Waals surface area contributed by atoms with Gasteiger partial charge in [0.15, 0.2) is 0 Å². The van der Waals surface area contributed by atoms with E-state index in [1.54, 1.807) is 0 Å². The fraction of sp³-hybridized carbons (Fsp3) is 0.846. The molecule has 2 rings (SSSR count). The highest BCUT2D eigenvalue weighted by Gasteiger charge is 2.43. The summed E-state index contributed by atoms with van der Waals surface area (Å²) < 4.78 is 0. The third-order valence-electron chi connectivity index (χ3n) is 4.40. The predicted octanol–water partition coefficient (Wildman–Crippen LogP) is 1.79. The number of hydrogen-bond acceptors (Lipinski definition) is 2. The first kappa shape index (κ1) is 12.4. The van der Waals surface area contributed by atoms with Crippen LogP contribution in [0.1, 0.15) is 45.4 Å². The lowest BCUT2D eigenvalue weighted by Crippen LogP contribution is -2.52. The van der Waals surface area contributed by atoms with Crippen LogP contribution in [0, 0.1) is 17.8 Å². The van der Waals surface area contributed by atoms with Gasteiger partial charge in [-0.2, -0.15) is 0 Å².